The van der Waals surface area contributed by atoms with Gasteiger partial charge in [0, 0.05) is 6.04 Å². The van der Waals surface area contributed by atoms with E-state index in [1.54, 1.807) is 0 Å². The molecule has 0 aromatic rings. The van der Waals surface area contributed by atoms with Crippen LogP contribution < -0.4 is 5.32 Å². The van der Waals surface area contributed by atoms with Crippen LogP contribution in [0.5, 0.6) is 0 Å². The summed E-state index contributed by atoms with van der Waals surface area (Å²) >= 11 is 0. The van der Waals surface area contributed by atoms with E-state index in [0.717, 1.165) is 18.8 Å². The summed E-state index contributed by atoms with van der Waals surface area (Å²) in [7, 11) is 0. The quantitative estimate of drug-likeness (QED) is 0.769. The molecule has 2 fully saturated rings. The van der Waals surface area contributed by atoms with Gasteiger partial charge in [0.2, 0.25) is 5.91 Å². The topological polar surface area (TPSA) is 32.3 Å². The highest BCUT2D eigenvalue weighted by Crippen LogP contribution is 2.34. The van der Waals surface area contributed by atoms with E-state index in [1.807, 2.05) is 6.92 Å². The molecule has 0 spiro atoms. The molecule has 1 aliphatic carbocycles. The second-order valence-corrected chi connectivity index (χ2v) is 5.17. The van der Waals surface area contributed by atoms with Gasteiger partial charge in [0.05, 0.1) is 12.2 Å². The van der Waals surface area contributed by atoms with E-state index in [0.29, 0.717) is 18.1 Å². The van der Waals surface area contributed by atoms with Crippen LogP contribution >= 0.6 is 0 Å². The van der Waals surface area contributed by atoms with E-state index < -0.39 is 0 Å². The number of rotatable bonds is 3. The normalized spacial score (nSPS) is 40.7. The van der Waals surface area contributed by atoms with Crippen LogP contribution in [0.4, 0.5) is 0 Å². The van der Waals surface area contributed by atoms with Crippen LogP contribution in [0.3, 0.4) is 0 Å². The van der Waals surface area contributed by atoms with Gasteiger partial charge in [-0.1, -0.05) is 20.3 Å². The van der Waals surface area contributed by atoms with Crippen molar-refractivity contribution >= 4 is 5.91 Å². The van der Waals surface area contributed by atoms with Gasteiger partial charge in [0.1, 0.15) is 0 Å². The molecule has 2 atom stereocenters. The zero-order chi connectivity index (χ0) is 11.0. The SMILES string of the molecule is CCCC1NC(C)C(=O)N1C1CC(C)C1. The minimum Gasteiger partial charge on any atom is -0.323 e. The molecule has 1 saturated carbocycles. The summed E-state index contributed by atoms with van der Waals surface area (Å²) in [5.74, 6) is 1.12. The molecule has 0 aromatic carbocycles. The second-order valence-electron chi connectivity index (χ2n) is 5.17. The summed E-state index contributed by atoms with van der Waals surface area (Å²) in [6.07, 6.45) is 4.91. The van der Waals surface area contributed by atoms with Crippen LogP contribution in [-0.2, 0) is 4.79 Å². The molecule has 3 nitrogen and oxygen atoms in total. The molecular weight excluding hydrogens is 188 g/mol. The maximum Gasteiger partial charge on any atom is 0.240 e. The van der Waals surface area contributed by atoms with E-state index >= 15 is 0 Å². The molecule has 1 aliphatic heterocycles. The van der Waals surface area contributed by atoms with Crippen molar-refractivity contribution in [3.63, 3.8) is 0 Å². The molecule has 0 aromatic heterocycles. The summed E-state index contributed by atoms with van der Waals surface area (Å²) in [6, 6.07) is 0.541. The predicted octanol–water partition coefficient (Wildman–Crippen LogP) is 1.73. The summed E-state index contributed by atoms with van der Waals surface area (Å²) in [5.41, 5.74) is 0. The summed E-state index contributed by atoms with van der Waals surface area (Å²) in [4.78, 5) is 14.1. The smallest absolute Gasteiger partial charge is 0.240 e. The first-order valence-electron chi connectivity index (χ1n) is 6.21. The summed E-state index contributed by atoms with van der Waals surface area (Å²) < 4.78 is 0. The van der Waals surface area contributed by atoms with Crippen LogP contribution in [0.15, 0.2) is 0 Å². The maximum absolute atomic E-state index is 12.0. The molecule has 1 heterocycles. The molecule has 1 N–H and O–H groups in total. The highest BCUT2D eigenvalue weighted by atomic mass is 16.2. The zero-order valence-corrected chi connectivity index (χ0v) is 9.99. The number of nitrogens with one attached hydrogen (secondary N) is 1. The standard InChI is InChI=1S/C12H22N2O/c1-4-5-11-13-9(3)12(15)14(11)10-6-8(2)7-10/h8-11,13H,4-7H2,1-3H3. The average Bonchev–Trinajstić information content (AvgIpc) is 2.39. The first kappa shape index (κ1) is 10.9. The Hall–Kier alpha value is -0.570. The molecule has 2 rings (SSSR count). The van der Waals surface area contributed by atoms with Crippen molar-refractivity contribution in [2.75, 3.05) is 0 Å². The molecule has 0 radical (unpaired) electrons. The number of hydrogen-bond acceptors (Lipinski definition) is 2. The van der Waals surface area contributed by atoms with E-state index in [4.69, 9.17) is 0 Å². The third-order valence-corrected chi connectivity index (χ3v) is 3.71. The number of nitrogens with zero attached hydrogens (tertiary/aromatic N) is 1. The van der Waals surface area contributed by atoms with Crippen molar-refractivity contribution in [3.8, 4) is 0 Å². The minimum atomic E-state index is 0.0254. The van der Waals surface area contributed by atoms with Crippen molar-refractivity contribution in [3.05, 3.63) is 0 Å². The van der Waals surface area contributed by atoms with Crippen molar-refractivity contribution in [2.24, 2.45) is 5.92 Å². The lowest BCUT2D eigenvalue weighted by molar-refractivity contribution is -0.134. The Labute approximate surface area is 92.2 Å². The predicted molar refractivity (Wildman–Crippen MR) is 60.3 cm³/mol. The molecule has 0 bridgehead atoms. The molecule has 1 saturated heterocycles. The number of hydrogen-bond donors (Lipinski definition) is 1. The van der Waals surface area contributed by atoms with E-state index in [9.17, 15) is 4.79 Å². The third-order valence-electron chi connectivity index (χ3n) is 3.71. The van der Waals surface area contributed by atoms with Gasteiger partial charge in [-0.3, -0.25) is 10.1 Å². The first-order valence-corrected chi connectivity index (χ1v) is 6.21. The van der Waals surface area contributed by atoms with Crippen LogP contribution in [0, 0.1) is 5.92 Å². The van der Waals surface area contributed by atoms with Crippen LogP contribution in [0.25, 0.3) is 0 Å². The van der Waals surface area contributed by atoms with E-state index in [-0.39, 0.29) is 6.04 Å². The van der Waals surface area contributed by atoms with Gasteiger partial charge in [0.25, 0.3) is 0 Å². The van der Waals surface area contributed by atoms with Crippen LogP contribution in [0.2, 0.25) is 0 Å². The minimum absolute atomic E-state index is 0.0254. The van der Waals surface area contributed by atoms with Crippen molar-refractivity contribution < 1.29 is 4.79 Å². The zero-order valence-electron chi connectivity index (χ0n) is 9.99. The van der Waals surface area contributed by atoms with Gasteiger partial charge in [-0.2, -0.15) is 0 Å². The Bertz CT molecular complexity index is 248. The highest BCUT2D eigenvalue weighted by molar-refractivity contribution is 5.84. The fourth-order valence-corrected chi connectivity index (χ4v) is 2.83. The first-order chi connectivity index (χ1) is 7.13. The van der Waals surface area contributed by atoms with Gasteiger partial charge < -0.3 is 4.90 Å². The number of carbonyl (C=O) groups excluding carboxylic acids is 1. The Kier molecular flexibility index (Phi) is 3.01. The molecule has 2 unspecified atom stereocenters. The van der Waals surface area contributed by atoms with Gasteiger partial charge in [-0.25, -0.2) is 0 Å². The van der Waals surface area contributed by atoms with E-state index in [2.05, 4.69) is 24.1 Å². The second kappa shape index (κ2) is 4.12. The Morgan fingerprint density at radius 1 is 1.40 bits per heavy atom. The summed E-state index contributed by atoms with van der Waals surface area (Å²) in [5, 5.41) is 3.39. The molecule has 15 heavy (non-hydrogen) atoms. The lowest BCUT2D eigenvalue weighted by atomic mass is 9.80. The monoisotopic (exact) mass is 210 g/mol. The Balaban J connectivity index is 2.02. The van der Waals surface area contributed by atoms with Crippen molar-refractivity contribution in [1.29, 1.82) is 0 Å². The maximum atomic E-state index is 12.0. The van der Waals surface area contributed by atoms with E-state index in [1.165, 1.54) is 12.8 Å². The number of amides is 1. The Morgan fingerprint density at radius 2 is 2.07 bits per heavy atom. The average molecular weight is 210 g/mol. The fraction of sp³-hybridized carbons (Fsp3) is 0.917. The van der Waals surface area contributed by atoms with Crippen LogP contribution in [-0.4, -0.2) is 29.1 Å². The van der Waals surface area contributed by atoms with Gasteiger partial charge in [-0.15, -0.1) is 0 Å². The summed E-state index contributed by atoms with van der Waals surface area (Å²) in [6.45, 7) is 6.42. The van der Waals surface area contributed by atoms with Gasteiger partial charge in [-0.05, 0) is 32.1 Å². The molecule has 2 aliphatic rings. The molecular formula is C12H22N2O. The molecule has 86 valence electrons. The third kappa shape index (κ3) is 1.89. The molecule has 3 heteroatoms. The number of carbonyl (C=O) groups is 1. The van der Waals surface area contributed by atoms with Crippen molar-refractivity contribution in [1.82, 2.24) is 10.2 Å². The lowest BCUT2D eigenvalue weighted by Crippen LogP contribution is -2.50. The van der Waals surface area contributed by atoms with Gasteiger partial charge in [0.15, 0.2) is 0 Å². The molecule has 1 amide bonds. The highest BCUT2D eigenvalue weighted by Gasteiger charge is 2.43. The van der Waals surface area contributed by atoms with Crippen molar-refractivity contribution in [2.45, 2.75) is 64.7 Å². The van der Waals surface area contributed by atoms with Crippen LogP contribution in [0.1, 0.15) is 46.5 Å². The van der Waals surface area contributed by atoms with Gasteiger partial charge >= 0.3 is 0 Å². The lowest BCUT2D eigenvalue weighted by Gasteiger charge is -2.42. The Morgan fingerprint density at radius 3 is 2.60 bits per heavy atom. The fourth-order valence-electron chi connectivity index (χ4n) is 2.83. The largest absolute Gasteiger partial charge is 0.323 e.